The smallest absolute Gasteiger partial charge is 0.376 e. The van der Waals surface area contributed by atoms with Crippen molar-refractivity contribution in [1.29, 1.82) is 0 Å². The van der Waals surface area contributed by atoms with Gasteiger partial charge >= 0.3 is 6.18 Å². The van der Waals surface area contributed by atoms with Crippen LogP contribution in [0.5, 0.6) is 0 Å². The van der Waals surface area contributed by atoms with E-state index in [9.17, 15) is 18.0 Å². The standard InChI is InChI=1S/C20H24F3N3O/c1-26(15-16-7-3-2-4-8-16)12-6-11-24-19(27)14-25-18-10-5-9-17(13-18)20(21,22)23/h2-5,7-10,13,25H,6,11-12,14-15H2,1H3,(H,24,27). The van der Waals surface area contributed by atoms with E-state index in [1.54, 1.807) is 0 Å². The van der Waals surface area contributed by atoms with Crippen LogP contribution in [0.1, 0.15) is 17.5 Å². The van der Waals surface area contributed by atoms with E-state index in [1.807, 2.05) is 25.2 Å². The zero-order valence-electron chi connectivity index (χ0n) is 15.2. The van der Waals surface area contributed by atoms with Crippen molar-refractivity contribution in [2.45, 2.75) is 19.1 Å². The minimum atomic E-state index is -4.40. The van der Waals surface area contributed by atoms with Gasteiger partial charge in [-0.25, -0.2) is 0 Å². The second kappa shape index (κ2) is 9.97. The summed E-state index contributed by atoms with van der Waals surface area (Å²) in [6.45, 7) is 2.12. The van der Waals surface area contributed by atoms with Crippen LogP contribution >= 0.6 is 0 Å². The predicted octanol–water partition coefficient (Wildman–Crippen LogP) is 3.76. The highest BCUT2D eigenvalue weighted by molar-refractivity contribution is 5.80. The van der Waals surface area contributed by atoms with Crippen molar-refractivity contribution in [3.8, 4) is 0 Å². The Morgan fingerprint density at radius 1 is 1.07 bits per heavy atom. The first-order chi connectivity index (χ1) is 12.8. The lowest BCUT2D eigenvalue weighted by atomic mass is 10.2. The molecule has 1 amide bonds. The Labute approximate surface area is 157 Å². The van der Waals surface area contributed by atoms with Gasteiger partial charge in [0.25, 0.3) is 0 Å². The van der Waals surface area contributed by atoms with Gasteiger partial charge in [0.1, 0.15) is 0 Å². The maximum Gasteiger partial charge on any atom is 0.416 e. The van der Waals surface area contributed by atoms with Crippen LogP contribution in [0.25, 0.3) is 0 Å². The predicted molar refractivity (Wildman–Crippen MR) is 100 cm³/mol. The minimum Gasteiger partial charge on any atom is -0.376 e. The molecule has 0 atom stereocenters. The van der Waals surface area contributed by atoms with Gasteiger partial charge < -0.3 is 15.5 Å². The van der Waals surface area contributed by atoms with Crippen LogP contribution in [0.3, 0.4) is 0 Å². The lowest BCUT2D eigenvalue weighted by Gasteiger charge is -2.17. The van der Waals surface area contributed by atoms with Crippen molar-refractivity contribution in [1.82, 2.24) is 10.2 Å². The van der Waals surface area contributed by atoms with E-state index in [2.05, 4.69) is 27.7 Å². The van der Waals surface area contributed by atoms with Crippen LogP contribution < -0.4 is 10.6 Å². The lowest BCUT2D eigenvalue weighted by Crippen LogP contribution is -2.32. The molecule has 7 heteroatoms. The van der Waals surface area contributed by atoms with Crippen LogP contribution in [-0.4, -0.2) is 37.5 Å². The SMILES string of the molecule is CN(CCCNC(=O)CNc1cccc(C(F)(F)F)c1)Cc1ccccc1. The number of carbonyl (C=O) groups is 1. The Morgan fingerprint density at radius 2 is 1.81 bits per heavy atom. The first-order valence-corrected chi connectivity index (χ1v) is 8.75. The number of nitrogens with zero attached hydrogens (tertiary/aromatic N) is 1. The van der Waals surface area contributed by atoms with Gasteiger partial charge in [0, 0.05) is 18.8 Å². The molecule has 0 saturated heterocycles. The number of hydrogen-bond acceptors (Lipinski definition) is 3. The molecule has 0 saturated carbocycles. The molecule has 4 nitrogen and oxygen atoms in total. The van der Waals surface area contributed by atoms with Crippen molar-refractivity contribution in [3.63, 3.8) is 0 Å². The number of rotatable bonds is 9. The van der Waals surface area contributed by atoms with Crippen molar-refractivity contribution in [2.24, 2.45) is 0 Å². The average molecular weight is 379 g/mol. The molecule has 0 heterocycles. The average Bonchev–Trinajstić information content (AvgIpc) is 2.64. The van der Waals surface area contributed by atoms with Crippen LogP contribution in [0.4, 0.5) is 18.9 Å². The number of carbonyl (C=O) groups excluding carboxylic acids is 1. The molecule has 2 rings (SSSR count). The molecule has 0 bridgehead atoms. The molecule has 2 aromatic carbocycles. The first kappa shape index (κ1) is 20.8. The van der Waals surface area contributed by atoms with E-state index in [-0.39, 0.29) is 18.1 Å². The summed E-state index contributed by atoms with van der Waals surface area (Å²) in [6.07, 6.45) is -3.61. The minimum absolute atomic E-state index is 0.0683. The third-order valence-corrected chi connectivity index (χ3v) is 3.98. The fraction of sp³-hybridized carbons (Fsp3) is 0.350. The molecule has 0 fully saturated rings. The monoisotopic (exact) mass is 379 g/mol. The number of nitrogens with one attached hydrogen (secondary N) is 2. The highest BCUT2D eigenvalue weighted by Crippen LogP contribution is 2.30. The number of anilines is 1. The molecular formula is C20H24F3N3O. The van der Waals surface area contributed by atoms with E-state index in [0.717, 1.165) is 31.6 Å². The zero-order chi connectivity index (χ0) is 19.7. The van der Waals surface area contributed by atoms with Crippen molar-refractivity contribution in [3.05, 3.63) is 65.7 Å². The molecule has 146 valence electrons. The maximum atomic E-state index is 12.7. The second-order valence-corrected chi connectivity index (χ2v) is 6.36. The van der Waals surface area contributed by atoms with Gasteiger partial charge in [-0.3, -0.25) is 4.79 Å². The van der Waals surface area contributed by atoms with Crippen LogP contribution in [-0.2, 0) is 17.5 Å². The Kier molecular flexibility index (Phi) is 7.67. The van der Waals surface area contributed by atoms with E-state index in [4.69, 9.17) is 0 Å². The van der Waals surface area contributed by atoms with Gasteiger partial charge in [-0.1, -0.05) is 36.4 Å². The Bertz CT molecular complexity index is 720. The van der Waals surface area contributed by atoms with E-state index >= 15 is 0 Å². The van der Waals surface area contributed by atoms with Gasteiger partial charge in [0.2, 0.25) is 5.91 Å². The van der Waals surface area contributed by atoms with Crippen molar-refractivity contribution >= 4 is 11.6 Å². The normalized spacial score (nSPS) is 11.4. The number of alkyl halides is 3. The topological polar surface area (TPSA) is 44.4 Å². The fourth-order valence-corrected chi connectivity index (χ4v) is 2.60. The van der Waals surface area contributed by atoms with Gasteiger partial charge in [0.15, 0.2) is 0 Å². The molecule has 0 spiro atoms. The van der Waals surface area contributed by atoms with Gasteiger partial charge in [-0.15, -0.1) is 0 Å². The number of halogens is 3. The Hall–Kier alpha value is -2.54. The molecule has 2 aromatic rings. The van der Waals surface area contributed by atoms with Crippen LogP contribution in [0.2, 0.25) is 0 Å². The van der Waals surface area contributed by atoms with Crippen molar-refractivity contribution in [2.75, 3.05) is 32.0 Å². The molecule has 0 aliphatic carbocycles. The molecule has 2 N–H and O–H groups in total. The summed E-state index contributed by atoms with van der Waals surface area (Å²) in [5, 5.41) is 5.48. The van der Waals surface area contributed by atoms with Crippen molar-refractivity contribution < 1.29 is 18.0 Å². The summed E-state index contributed by atoms with van der Waals surface area (Å²) >= 11 is 0. The lowest BCUT2D eigenvalue weighted by molar-refractivity contribution is -0.137. The Morgan fingerprint density at radius 3 is 2.52 bits per heavy atom. The van der Waals surface area contributed by atoms with Crippen LogP contribution in [0, 0.1) is 0 Å². The largest absolute Gasteiger partial charge is 0.416 e. The maximum absolute atomic E-state index is 12.7. The van der Waals surface area contributed by atoms with Gasteiger partial charge in [0.05, 0.1) is 12.1 Å². The molecule has 27 heavy (non-hydrogen) atoms. The summed E-state index contributed by atoms with van der Waals surface area (Å²) in [5.41, 5.74) is 0.756. The quantitative estimate of drug-likeness (QED) is 0.652. The molecule has 0 aliphatic rings. The van der Waals surface area contributed by atoms with Crippen LogP contribution in [0.15, 0.2) is 54.6 Å². The molecule has 0 aromatic heterocycles. The fourth-order valence-electron chi connectivity index (χ4n) is 2.60. The van der Waals surface area contributed by atoms with E-state index < -0.39 is 11.7 Å². The molecular weight excluding hydrogens is 355 g/mol. The second-order valence-electron chi connectivity index (χ2n) is 6.36. The molecule has 0 radical (unpaired) electrons. The first-order valence-electron chi connectivity index (χ1n) is 8.75. The summed E-state index contributed by atoms with van der Waals surface area (Å²) in [4.78, 5) is 14.0. The summed E-state index contributed by atoms with van der Waals surface area (Å²) in [7, 11) is 2.02. The highest BCUT2D eigenvalue weighted by atomic mass is 19.4. The highest BCUT2D eigenvalue weighted by Gasteiger charge is 2.30. The van der Waals surface area contributed by atoms with E-state index in [1.165, 1.54) is 17.7 Å². The summed E-state index contributed by atoms with van der Waals surface area (Å²) in [5.74, 6) is -0.252. The zero-order valence-corrected chi connectivity index (χ0v) is 15.2. The number of amides is 1. The molecule has 0 aliphatic heterocycles. The third-order valence-electron chi connectivity index (χ3n) is 3.98. The van der Waals surface area contributed by atoms with Gasteiger partial charge in [-0.2, -0.15) is 13.2 Å². The van der Waals surface area contributed by atoms with E-state index in [0.29, 0.717) is 6.54 Å². The third kappa shape index (κ3) is 7.70. The summed E-state index contributed by atoms with van der Waals surface area (Å²) in [6, 6.07) is 14.9. The molecule has 0 unspecified atom stereocenters. The van der Waals surface area contributed by atoms with Gasteiger partial charge in [-0.05, 0) is 43.8 Å². The Balaban J connectivity index is 1.64. The number of benzene rings is 2. The summed E-state index contributed by atoms with van der Waals surface area (Å²) < 4.78 is 38.0. The number of hydrogen-bond donors (Lipinski definition) is 2.